The number of thioether (sulfide) groups is 1. The molecule has 0 bridgehead atoms. The van der Waals surface area contributed by atoms with E-state index in [0.717, 1.165) is 41.0 Å². The first-order valence-corrected chi connectivity index (χ1v) is 8.86. The van der Waals surface area contributed by atoms with Crippen molar-refractivity contribution in [2.75, 3.05) is 37.9 Å². The van der Waals surface area contributed by atoms with Gasteiger partial charge in [0, 0.05) is 25.4 Å². The molecule has 0 saturated carbocycles. The molecular formula is C13H26N4OS2. The summed E-state index contributed by atoms with van der Waals surface area (Å²) in [5, 5.41) is 22.3. The van der Waals surface area contributed by atoms with E-state index in [9.17, 15) is 5.11 Å². The minimum absolute atomic E-state index is 0.120. The molecule has 1 unspecified atom stereocenters. The molecule has 0 radical (unpaired) electrons. The molecule has 0 aromatic carbocycles. The Hall–Kier alpha value is -0.370. The summed E-state index contributed by atoms with van der Waals surface area (Å²) in [7, 11) is 3.95. The SMILES string of the molecule is CCNC(CC)(CO)CCCSc1nnc(N(C)C)s1. The van der Waals surface area contributed by atoms with Gasteiger partial charge >= 0.3 is 0 Å². The van der Waals surface area contributed by atoms with Crippen LogP contribution in [0.2, 0.25) is 0 Å². The normalized spacial score (nSPS) is 14.2. The summed E-state index contributed by atoms with van der Waals surface area (Å²) in [5.41, 5.74) is -0.120. The lowest BCUT2D eigenvalue weighted by Gasteiger charge is -2.31. The van der Waals surface area contributed by atoms with Crippen molar-refractivity contribution in [1.82, 2.24) is 15.5 Å². The van der Waals surface area contributed by atoms with Crippen molar-refractivity contribution in [2.45, 2.75) is 43.0 Å². The number of anilines is 1. The second-order valence-electron chi connectivity index (χ2n) is 5.02. The lowest BCUT2D eigenvalue weighted by molar-refractivity contribution is 0.148. The molecule has 0 aliphatic carbocycles. The zero-order valence-electron chi connectivity index (χ0n) is 12.8. The Bertz CT molecular complexity index is 380. The lowest BCUT2D eigenvalue weighted by atomic mass is 9.91. The number of hydrogen-bond donors (Lipinski definition) is 2. The summed E-state index contributed by atoms with van der Waals surface area (Å²) in [5.74, 6) is 1.01. The van der Waals surface area contributed by atoms with Crippen LogP contribution in [-0.4, -0.2) is 53.8 Å². The Labute approximate surface area is 130 Å². The third-order valence-electron chi connectivity index (χ3n) is 3.33. The topological polar surface area (TPSA) is 61.3 Å². The van der Waals surface area contributed by atoms with Crippen LogP contribution in [0.25, 0.3) is 0 Å². The largest absolute Gasteiger partial charge is 0.394 e. The number of hydrogen-bond acceptors (Lipinski definition) is 7. The fourth-order valence-electron chi connectivity index (χ4n) is 2.02. The number of nitrogens with one attached hydrogen (secondary N) is 1. The van der Waals surface area contributed by atoms with Crippen molar-refractivity contribution in [2.24, 2.45) is 0 Å². The molecule has 1 rings (SSSR count). The highest BCUT2D eigenvalue weighted by Gasteiger charge is 2.25. The summed E-state index contributed by atoms with van der Waals surface area (Å²) in [4.78, 5) is 1.97. The maximum Gasteiger partial charge on any atom is 0.208 e. The van der Waals surface area contributed by atoms with Crippen molar-refractivity contribution in [1.29, 1.82) is 0 Å². The fourth-order valence-corrected chi connectivity index (χ4v) is 3.80. The van der Waals surface area contributed by atoms with Crippen LogP contribution >= 0.6 is 23.1 Å². The fraction of sp³-hybridized carbons (Fsp3) is 0.846. The molecule has 0 aliphatic rings. The molecule has 1 atom stereocenters. The third-order valence-corrected chi connectivity index (χ3v) is 5.65. The molecule has 2 N–H and O–H groups in total. The zero-order valence-corrected chi connectivity index (χ0v) is 14.5. The number of rotatable bonds is 10. The minimum atomic E-state index is -0.120. The average molecular weight is 319 g/mol. The molecule has 0 saturated heterocycles. The maximum absolute atomic E-state index is 9.59. The molecule has 0 spiro atoms. The molecule has 0 fully saturated rings. The van der Waals surface area contributed by atoms with E-state index in [4.69, 9.17) is 0 Å². The van der Waals surface area contributed by atoms with Crippen LogP contribution in [0.15, 0.2) is 4.34 Å². The van der Waals surface area contributed by atoms with E-state index < -0.39 is 0 Å². The van der Waals surface area contributed by atoms with E-state index in [2.05, 4.69) is 29.4 Å². The van der Waals surface area contributed by atoms with Gasteiger partial charge in [-0.1, -0.05) is 36.9 Å². The summed E-state index contributed by atoms with van der Waals surface area (Å²) in [6, 6.07) is 0. The quantitative estimate of drug-likeness (QED) is 0.509. The van der Waals surface area contributed by atoms with Crippen molar-refractivity contribution in [3.8, 4) is 0 Å². The monoisotopic (exact) mass is 318 g/mol. The van der Waals surface area contributed by atoms with Crippen LogP contribution in [0.5, 0.6) is 0 Å². The average Bonchev–Trinajstić information content (AvgIpc) is 2.91. The zero-order chi connectivity index (χ0) is 15.0. The van der Waals surface area contributed by atoms with Gasteiger partial charge in [-0.25, -0.2) is 0 Å². The van der Waals surface area contributed by atoms with Gasteiger partial charge in [-0.3, -0.25) is 0 Å². The number of nitrogens with zero attached hydrogens (tertiary/aromatic N) is 3. The summed E-state index contributed by atoms with van der Waals surface area (Å²) >= 11 is 3.37. The van der Waals surface area contributed by atoms with Crippen LogP contribution in [0.1, 0.15) is 33.1 Å². The highest BCUT2D eigenvalue weighted by molar-refractivity contribution is 8.01. The van der Waals surface area contributed by atoms with E-state index in [1.165, 1.54) is 0 Å². The number of aromatic nitrogens is 2. The van der Waals surface area contributed by atoms with E-state index in [1.807, 2.05) is 19.0 Å². The van der Waals surface area contributed by atoms with E-state index in [0.29, 0.717) is 0 Å². The van der Waals surface area contributed by atoms with Crippen molar-refractivity contribution in [3.05, 3.63) is 0 Å². The smallest absolute Gasteiger partial charge is 0.208 e. The predicted octanol–water partition coefficient (Wildman–Crippen LogP) is 2.23. The number of aliphatic hydroxyl groups excluding tert-OH is 1. The van der Waals surface area contributed by atoms with E-state index in [-0.39, 0.29) is 12.1 Å². The van der Waals surface area contributed by atoms with Crippen LogP contribution < -0.4 is 10.2 Å². The first kappa shape index (κ1) is 17.7. The number of aliphatic hydroxyl groups is 1. The van der Waals surface area contributed by atoms with Gasteiger partial charge in [0.15, 0.2) is 4.34 Å². The van der Waals surface area contributed by atoms with Crippen LogP contribution in [0.4, 0.5) is 5.13 Å². The molecular weight excluding hydrogens is 292 g/mol. The highest BCUT2D eigenvalue weighted by Crippen LogP contribution is 2.28. The van der Waals surface area contributed by atoms with E-state index >= 15 is 0 Å². The van der Waals surface area contributed by atoms with Gasteiger partial charge in [-0.2, -0.15) is 0 Å². The molecule has 0 amide bonds. The Kier molecular flexibility index (Phi) is 7.79. The highest BCUT2D eigenvalue weighted by atomic mass is 32.2. The lowest BCUT2D eigenvalue weighted by Crippen LogP contribution is -2.48. The molecule has 0 aliphatic heterocycles. The first-order chi connectivity index (χ1) is 9.56. The standard InChI is InChI=1S/C13H26N4OS2/c1-5-13(10-18,14-6-2)8-7-9-19-12-16-15-11(20-12)17(3)4/h14,18H,5-10H2,1-4H3. The second kappa shape index (κ2) is 8.81. The maximum atomic E-state index is 9.59. The minimum Gasteiger partial charge on any atom is -0.394 e. The van der Waals surface area contributed by atoms with Crippen LogP contribution in [0.3, 0.4) is 0 Å². The molecule has 1 aromatic rings. The van der Waals surface area contributed by atoms with Gasteiger partial charge in [-0.05, 0) is 25.8 Å². The first-order valence-electron chi connectivity index (χ1n) is 7.06. The van der Waals surface area contributed by atoms with E-state index in [1.54, 1.807) is 23.1 Å². The Balaban J connectivity index is 2.35. The Morgan fingerprint density at radius 2 is 2.10 bits per heavy atom. The molecule has 5 nitrogen and oxygen atoms in total. The van der Waals surface area contributed by atoms with Crippen LogP contribution in [-0.2, 0) is 0 Å². The summed E-state index contributed by atoms with van der Waals surface area (Å²) < 4.78 is 1.02. The molecule has 20 heavy (non-hydrogen) atoms. The van der Waals surface area contributed by atoms with Crippen LogP contribution in [0, 0.1) is 0 Å². The number of likely N-dealkylation sites (N-methyl/N-ethyl adjacent to an activating group) is 1. The molecule has 7 heteroatoms. The molecule has 1 aromatic heterocycles. The molecule has 1 heterocycles. The second-order valence-corrected chi connectivity index (χ2v) is 7.32. The van der Waals surface area contributed by atoms with Gasteiger partial charge < -0.3 is 15.3 Å². The Morgan fingerprint density at radius 1 is 1.35 bits per heavy atom. The Morgan fingerprint density at radius 3 is 2.60 bits per heavy atom. The van der Waals surface area contributed by atoms with Gasteiger partial charge in [0.2, 0.25) is 5.13 Å². The summed E-state index contributed by atoms with van der Waals surface area (Å²) in [6.07, 6.45) is 2.99. The van der Waals surface area contributed by atoms with Gasteiger partial charge in [0.1, 0.15) is 0 Å². The predicted molar refractivity (Wildman–Crippen MR) is 88.0 cm³/mol. The van der Waals surface area contributed by atoms with Gasteiger partial charge in [0.25, 0.3) is 0 Å². The van der Waals surface area contributed by atoms with Crippen molar-refractivity contribution >= 4 is 28.2 Å². The van der Waals surface area contributed by atoms with Gasteiger partial charge in [0.05, 0.1) is 6.61 Å². The summed E-state index contributed by atoms with van der Waals surface area (Å²) in [6.45, 7) is 5.30. The van der Waals surface area contributed by atoms with Crippen molar-refractivity contribution < 1.29 is 5.11 Å². The van der Waals surface area contributed by atoms with Crippen molar-refractivity contribution in [3.63, 3.8) is 0 Å². The molecule has 116 valence electrons. The van der Waals surface area contributed by atoms with Gasteiger partial charge in [-0.15, -0.1) is 10.2 Å². The third kappa shape index (κ3) is 5.20.